The van der Waals surface area contributed by atoms with Crippen LogP contribution in [0.3, 0.4) is 0 Å². The minimum atomic E-state index is 0.902. The van der Waals surface area contributed by atoms with Crippen LogP contribution in [0.15, 0.2) is 87.7 Å². The summed E-state index contributed by atoms with van der Waals surface area (Å²) in [5.74, 6) is 1.84. The maximum Gasteiger partial charge on any atom is 0.135 e. The molecule has 0 aliphatic rings. The Bertz CT molecular complexity index is 1470. The molecule has 27 heavy (non-hydrogen) atoms. The summed E-state index contributed by atoms with van der Waals surface area (Å²) in [6.45, 7) is 1.99. The first-order chi connectivity index (χ1) is 13.3. The van der Waals surface area contributed by atoms with Gasteiger partial charge < -0.3 is 8.83 Å². The monoisotopic (exact) mass is 348 g/mol. The van der Waals surface area contributed by atoms with E-state index < -0.39 is 0 Å². The van der Waals surface area contributed by atoms with Crippen molar-refractivity contribution < 1.29 is 8.83 Å². The number of aryl methyl sites for hydroxylation is 1. The summed E-state index contributed by atoms with van der Waals surface area (Å²) in [6, 6.07) is 27.4. The lowest BCUT2D eigenvalue weighted by atomic mass is 9.97. The molecule has 0 radical (unpaired) electrons. The molecule has 0 unspecified atom stereocenters. The standard InChI is InChI=1S/C25H16O2/c1-15-13-21-19-7-8-20-18(17(19)9-11-23(21)26-15)10-12-24-22(20)14-25(27-24)16-5-3-2-4-6-16/h2-14H,1H3. The van der Waals surface area contributed by atoms with Gasteiger partial charge in [-0.25, -0.2) is 0 Å². The van der Waals surface area contributed by atoms with Crippen LogP contribution in [0.4, 0.5) is 0 Å². The third kappa shape index (κ3) is 2.07. The Balaban J connectivity index is 1.69. The molecule has 4 aromatic carbocycles. The maximum atomic E-state index is 6.13. The van der Waals surface area contributed by atoms with Gasteiger partial charge in [0.05, 0.1) is 0 Å². The molecule has 0 aliphatic heterocycles. The molecule has 128 valence electrons. The molecule has 2 heterocycles. The van der Waals surface area contributed by atoms with Crippen molar-refractivity contribution in [2.45, 2.75) is 6.92 Å². The lowest BCUT2D eigenvalue weighted by Crippen LogP contribution is -1.79. The maximum absolute atomic E-state index is 6.13. The highest BCUT2D eigenvalue weighted by molar-refractivity contribution is 6.21. The molecule has 2 nitrogen and oxygen atoms in total. The average molecular weight is 348 g/mol. The van der Waals surface area contributed by atoms with E-state index in [-0.39, 0.29) is 0 Å². The van der Waals surface area contributed by atoms with Gasteiger partial charge in [-0.15, -0.1) is 0 Å². The molecule has 0 saturated heterocycles. The Morgan fingerprint density at radius 2 is 1.07 bits per heavy atom. The molecule has 0 fully saturated rings. The molecule has 0 atom stereocenters. The zero-order valence-electron chi connectivity index (χ0n) is 14.8. The van der Waals surface area contributed by atoms with Crippen molar-refractivity contribution in [3.8, 4) is 11.3 Å². The fourth-order valence-corrected chi connectivity index (χ4v) is 4.13. The van der Waals surface area contributed by atoms with Crippen molar-refractivity contribution in [1.82, 2.24) is 0 Å². The molecular weight excluding hydrogens is 332 g/mol. The van der Waals surface area contributed by atoms with Crippen LogP contribution < -0.4 is 0 Å². The summed E-state index contributed by atoms with van der Waals surface area (Å²) in [6.07, 6.45) is 0. The second-order valence-corrected chi connectivity index (χ2v) is 7.04. The Labute approximate surface area is 155 Å². The van der Waals surface area contributed by atoms with E-state index in [9.17, 15) is 0 Å². The van der Waals surface area contributed by atoms with Gasteiger partial charge in [-0.05, 0) is 52.7 Å². The molecule has 0 amide bonds. The van der Waals surface area contributed by atoms with E-state index in [2.05, 4.69) is 60.7 Å². The minimum absolute atomic E-state index is 0.902. The number of hydrogen-bond acceptors (Lipinski definition) is 2. The summed E-state index contributed by atoms with van der Waals surface area (Å²) in [7, 11) is 0. The highest BCUT2D eigenvalue weighted by atomic mass is 16.3. The fourth-order valence-electron chi connectivity index (χ4n) is 4.13. The Morgan fingerprint density at radius 3 is 1.78 bits per heavy atom. The van der Waals surface area contributed by atoms with Gasteiger partial charge in [0.1, 0.15) is 22.7 Å². The van der Waals surface area contributed by atoms with Gasteiger partial charge >= 0.3 is 0 Å². The average Bonchev–Trinajstić information content (AvgIpc) is 3.31. The van der Waals surface area contributed by atoms with E-state index in [0.29, 0.717) is 0 Å². The van der Waals surface area contributed by atoms with Crippen LogP contribution in [-0.4, -0.2) is 0 Å². The molecule has 0 bridgehead atoms. The highest BCUT2D eigenvalue weighted by Crippen LogP contribution is 2.38. The predicted molar refractivity (Wildman–Crippen MR) is 111 cm³/mol. The normalized spacial score (nSPS) is 11.9. The third-order valence-corrected chi connectivity index (χ3v) is 5.37. The van der Waals surface area contributed by atoms with Crippen molar-refractivity contribution in [2.75, 3.05) is 0 Å². The number of furan rings is 2. The molecule has 2 heteroatoms. The number of hydrogen-bond donors (Lipinski definition) is 0. The van der Waals surface area contributed by atoms with Crippen LogP contribution in [0, 0.1) is 6.92 Å². The van der Waals surface area contributed by atoms with Gasteiger partial charge in [0.25, 0.3) is 0 Å². The second kappa shape index (κ2) is 5.24. The number of fused-ring (bicyclic) bond motifs is 7. The second-order valence-electron chi connectivity index (χ2n) is 7.04. The van der Waals surface area contributed by atoms with Gasteiger partial charge in [-0.3, -0.25) is 0 Å². The first kappa shape index (κ1) is 14.6. The van der Waals surface area contributed by atoms with Crippen molar-refractivity contribution in [3.63, 3.8) is 0 Å². The van der Waals surface area contributed by atoms with Crippen molar-refractivity contribution in [2.24, 2.45) is 0 Å². The molecule has 0 aliphatic carbocycles. The van der Waals surface area contributed by atoms with E-state index in [1.165, 1.54) is 26.9 Å². The van der Waals surface area contributed by atoms with E-state index in [0.717, 1.165) is 33.6 Å². The summed E-state index contributed by atoms with van der Waals surface area (Å²) in [5, 5.41) is 7.24. The van der Waals surface area contributed by atoms with Crippen molar-refractivity contribution >= 4 is 43.5 Å². The summed E-state index contributed by atoms with van der Waals surface area (Å²) in [5.41, 5.74) is 2.95. The van der Waals surface area contributed by atoms with Crippen molar-refractivity contribution in [3.05, 3.63) is 84.6 Å². The van der Waals surface area contributed by atoms with Crippen molar-refractivity contribution in [1.29, 1.82) is 0 Å². The topological polar surface area (TPSA) is 26.3 Å². The molecule has 6 rings (SSSR count). The lowest BCUT2D eigenvalue weighted by Gasteiger charge is -2.05. The molecule has 0 saturated carbocycles. The van der Waals surface area contributed by atoms with Gasteiger partial charge in [-0.2, -0.15) is 0 Å². The molecule has 0 N–H and O–H groups in total. The minimum Gasteiger partial charge on any atom is -0.461 e. The van der Waals surface area contributed by atoms with E-state index >= 15 is 0 Å². The van der Waals surface area contributed by atoms with Gasteiger partial charge in [0.2, 0.25) is 0 Å². The van der Waals surface area contributed by atoms with E-state index in [1.54, 1.807) is 0 Å². The first-order valence-electron chi connectivity index (χ1n) is 9.11. The third-order valence-electron chi connectivity index (χ3n) is 5.37. The Morgan fingerprint density at radius 1 is 0.519 bits per heavy atom. The fraction of sp³-hybridized carbons (Fsp3) is 0.0400. The largest absolute Gasteiger partial charge is 0.461 e. The van der Waals surface area contributed by atoms with Crippen LogP contribution in [0.25, 0.3) is 54.8 Å². The SMILES string of the molecule is Cc1cc2c(ccc3c2ccc2c4cc(-c5ccccc5)oc4ccc23)o1. The molecule has 2 aromatic heterocycles. The number of rotatable bonds is 1. The zero-order valence-corrected chi connectivity index (χ0v) is 14.8. The Kier molecular flexibility index (Phi) is 2.84. The van der Waals surface area contributed by atoms with Crippen LogP contribution in [-0.2, 0) is 0 Å². The summed E-state index contributed by atoms with van der Waals surface area (Å²) < 4.78 is 11.9. The molecule has 0 spiro atoms. The van der Waals surface area contributed by atoms with E-state index in [1.807, 2.05) is 25.1 Å². The van der Waals surface area contributed by atoms with E-state index in [4.69, 9.17) is 8.83 Å². The molecular formula is C25H16O2. The number of benzene rings is 4. The Hall–Kier alpha value is -3.52. The highest BCUT2D eigenvalue weighted by Gasteiger charge is 2.12. The quantitative estimate of drug-likeness (QED) is 0.288. The van der Waals surface area contributed by atoms with Crippen LogP contribution in [0.5, 0.6) is 0 Å². The van der Waals surface area contributed by atoms with Gasteiger partial charge in [0.15, 0.2) is 0 Å². The van der Waals surface area contributed by atoms with Gasteiger partial charge in [0, 0.05) is 16.3 Å². The first-order valence-corrected chi connectivity index (χ1v) is 9.11. The summed E-state index contributed by atoms with van der Waals surface area (Å²) in [4.78, 5) is 0. The predicted octanol–water partition coefficient (Wildman–Crippen LogP) is 7.46. The smallest absolute Gasteiger partial charge is 0.135 e. The van der Waals surface area contributed by atoms with Crippen LogP contribution in [0.2, 0.25) is 0 Å². The van der Waals surface area contributed by atoms with Gasteiger partial charge in [-0.1, -0.05) is 54.6 Å². The van der Waals surface area contributed by atoms with Crippen LogP contribution in [0.1, 0.15) is 5.76 Å². The molecule has 6 aromatic rings. The summed E-state index contributed by atoms with van der Waals surface area (Å²) >= 11 is 0. The van der Waals surface area contributed by atoms with Crippen LogP contribution >= 0.6 is 0 Å². The zero-order chi connectivity index (χ0) is 18.0. The lowest BCUT2D eigenvalue weighted by molar-refractivity contribution is 0.579.